The minimum atomic E-state index is 1.08. The van der Waals surface area contributed by atoms with Crippen LogP contribution in [0.5, 0.6) is 0 Å². The Hall–Kier alpha value is -8.40. The van der Waals surface area contributed by atoms with Crippen LogP contribution in [0.3, 0.4) is 0 Å². The third-order valence-corrected chi connectivity index (χ3v) is 12.5. The second-order valence-corrected chi connectivity index (χ2v) is 16.1. The van der Waals surface area contributed by atoms with E-state index < -0.39 is 0 Å². The first kappa shape index (κ1) is 36.5. The molecule has 2 heterocycles. The SMILES string of the molecule is c1ccc(-c2ccccc2N(c2ccc(-c3ccc(-c4cccc5c4c4ccccc4n5-c4ccccc4)cc3)cc2)c2cccc(-n3c4ccccc4c4ccccc43)c2)cc1. The Morgan fingerprint density at radius 3 is 1.43 bits per heavy atom. The summed E-state index contributed by atoms with van der Waals surface area (Å²) in [5.74, 6) is 0. The molecule has 0 bridgehead atoms. The zero-order chi connectivity index (χ0) is 41.7. The molecular formula is C60H41N3. The van der Waals surface area contributed by atoms with Crippen LogP contribution >= 0.6 is 0 Å². The average molecular weight is 804 g/mol. The molecular weight excluding hydrogens is 763 g/mol. The first-order valence-electron chi connectivity index (χ1n) is 21.6. The van der Waals surface area contributed by atoms with Gasteiger partial charge in [-0.1, -0.05) is 176 Å². The maximum atomic E-state index is 2.40. The van der Waals surface area contributed by atoms with E-state index in [9.17, 15) is 0 Å². The number of aromatic nitrogens is 2. The lowest BCUT2D eigenvalue weighted by Gasteiger charge is -2.28. The Morgan fingerprint density at radius 2 is 0.730 bits per heavy atom. The highest BCUT2D eigenvalue weighted by molar-refractivity contribution is 6.16. The molecule has 0 unspecified atom stereocenters. The van der Waals surface area contributed by atoms with Crippen molar-refractivity contribution >= 4 is 60.7 Å². The Morgan fingerprint density at radius 1 is 0.270 bits per heavy atom. The summed E-state index contributed by atoms with van der Waals surface area (Å²) in [7, 11) is 0. The van der Waals surface area contributed by atoms with Crippen LogP contribution in [0.15, 0.2) is 249 Å². The van der Waals surface area contributed by atoms with Crippen molar-refractivity contribution in [1.29, 1.82) is 0 Å². The topological polar surface area (TPSA) is 13.1 Å². The summed E-state index contributed by atoms with van der Waals surface area (Å²) in [5, 5.41) is 5.03. The number of nitrogens with zero attached hydrogens (tertiary/aromatic N) is 3. The van der Waals surface area contributed by atoms with E-state index in [0.29, 0.717) is 0 Å². The summed E-state index contributed by atoms with van der Waals surface area (Å²) in [6.07, 6.45) is 0. The van der Waals surface area contributed by atoms with Gasteiger partial charge in [-0.2, -0.15) is 0 Å². The number of hydrogen-bond acceptors (Lipinski definition) is 1. The molecule has 63 heavy (non-hydrogen) atoms. The highest BCUT2D eigenvalue weighted by Crippen LogP contribution is 2.43. The number of fused-ring (bicyclic) bond motifs is 6. The minimum absolute atomic E-state index is 1.08. The molecule has 0 saturated heterocycles. The van der Waals surface area contributed by atoms with Crippen molar-refractivity contribution < 1.29 is 0 Å². The summed E-state index contributed by atoms with van der Waals surface area (Å²) in [6.45, 7) is 0. The molecule has 0 radical (unpaired) electrons. The molecule has 0 spiro atoms. The van der Waals surface area contributed by atoms with Gasteiger partial charge >= 0.3 is 0 Å². The van der Waals surface area contributed by atoms with Crippen LogP contribution in [-0.2, 0) is 0 Å². The van der Waals surface area contributed by atoms with Gasteiger partial charge in [0, 0.05) is 49.9 Å². The normalized spacial score (nSPS) is 11.5. The molecule has 3 heteroatoms. The predicted octanol–water partition coefficient (Wildman–Crippen LogP) is 16.4. The molecule has 2 aromatic heterocycles. The van der Waals surface area contributed by atoms with E-state index in [1.165, 1.54) is 77.0 Å². The van der Waals surface area contributed by atoms with E-state index in [1.54, 1.807) is 0 Å². The molecule has 10 aromatic carbocycles. The van der Waals surface area contributed by atoms with Crippen molar-refractivity contribution in [3.05, 3.63) is 249 Å². The van der Waals surface area contributed by atoms with Crippen LogP contribution in [0.4, 0.5) is 17.1 Å². The number of hydrogen-bond donors (Lipinski definition) is 0. The Labute approximate surface area is 366 Å². The number of benzene rings is 10. The summed E-state index contributed by atoms with van der Waals surface area (Å²) < 4.78 is 4.77. The number of anilines is 3. The molecule has 12 aromatic rings. The van der Waals surface area contributed by atoms with Crippen molar-refractivity contribution in [3.8, 4) is 44.8 Å². The van der Waals surface area contributed by atoms with Crippen molar-refractivity contribution in [2.45, 2.75) is 0 Å². The lowest BCUT2D eigenvalue weighted by Crippen LogP contribution is -2.11. The third kappa shape index (κ3) is 6.21. The molecule has 0 N–H and O–H groups in total. The Balaban J connectivity index is 0.946. The van der Waals surface area contributed by atoms with Gasteiger partial charge in [-0.15, -0.1) is 0 Å². The second kappa shape index (κ2) is 15.3. The first-order chi connectivity index (χ1) is 31.3. The van der Waals surface area contributed by atoms with E-state index >= 15 is 0 Å². The second-order valence-electron chi connectivity index (χ2n) is 16.1. The lowest BCUT2D eigenvalue weighted by atomic mass is 9.96. The average Bonchev–Trinajstić information content (AvgIpc) is 3.89. The van der Waals surface area contributed by atoms with Gasteiger partial charge < -0.3 is 14.0 Å². The zero-order valence-electron chi connectivity index (χ0n) is 34.5. The Bertz CT molecular complexity index is 3550. The monoisotopic (exact) mass is 803 g/mol. The highest BCUT2D eigenvalue weighted by Gasteiger charge is 2.20. The standard InChI is InChI=1S/C60H41N3/c1-3-17-44(18-4-1)50-23-7-11-28-55(50)61(48-21-15-22-49(41-48)63-56-29-12-8-24-52(56)53-25-9-13-30-57(53)63)47-39-37-43(38-40-47)42-33-35-45(36-34-42)51-27-16-32-59-60(51)54-26-10-14-31-58(54)62(59)46-19-5-2-6-20-46/h1-41H. The highest BCUT2D eigenvalue weighted by atomic mass is 15.1. The van der Waals surface area contributed by atoms with Gasteiger partial charge in [0.05, 0.1) is 27.8 Å². The fourth-order valence-corrected chi connectivity index (χ4v) is 9.69. The molecule has 0 fully saturated rings. The smallest absolute Gasteiger partial charge is 0.0547 e. The number of para-hydroxylation sites is 5. The maximum absolute atomic E-state index is 2.40. The van der Waals surface area contributed by atoms with Gasteiger partial charge in [-0.3, -0.25) is 0 Å². The lowest BCUT2D eigenvalue weighted by molar-refractivity contribution is 1.17. The van der Waals surface area contributed by atoms with Gasteiger partial charge in [0.25, 0.3) is 0 Å². The molecule has 0 aliphatic carbocycles. The fourth-order valence-electron chi connectivity index (χ4n) is 9.69. The van der Waals surface area contributed by atoms with Gasteiger partial charge in [0.2, 0.25) is 0 Å². The summed E-state index contributed by atoms with van der Waals surface area (Å²) in [4.78, 5) is 2.40. The molecule has 0 atom stereocenters. The summed E-state index contributed by atoms with van der Waals surface area (Å²) in [5.41, 5.74) is 17.5. The van der Waals surface area contributed by atoms with Crippen LogP contribution < -0.4 is 4.90 Å². The van der Waals surface area contributed by atoms with Crippen LogP contribution in [0.2, 0.25) is 0 Å². The quantitative estimate of drug-likeness (QED) is 0.149. The van der Waals surface area contributed by atoms with Crippen molar-refractivity contribution in [3.63, 3.8) is 0 Å². The van der Waals surface area contributed by atoms with Gasteiger partial charge in [0.15, 0.2) is 0 Å². The molecule has 0 aliphatic heterocycles. The fraction of sp³-hybridized carbons (Fsp3) is 0. The Kier molecular flexibility index (Phi) is 8.83. The van der Waals surface area contributed by atoms with Crippen LogP contribution in [0.25, 0.3) is 88.4 Å². The van der Waals surface area contributed by atoms with Crippen molar-refractivity contribution in [2.24, 2.45) is 0 Å². The largest absolute Gasteiger partial charge is 0.310 e. The summed E-state index contributed by atoms with van der Waals surface area (Å²) in [6, 6.07) is 90.0. The molecule has 12 rings (SSSR count). The van der Waals surface area contributed by atoms with Crippen molar-refractivity contribution in [1.82, 2.24) is 9.13 Å². The molecule has 296 valence electrons. The van der Waals surface area contributed by atoms with Crippen LogP contribution in [0, 0.1) is 0 Å². The predicted molar refractivity (Wildman–Crippen MR) is 266 cm³/mol. The van der Waals surface area contributed by atoms with E-state index in [1.807, 2.05) is 0 Å². The zero-order valence-corrected chi connectivity index (χ0v) is 34.5. The van der Waals surface area contributed by atoms with Gasteiger partial charge in [0.1, 0.15) is 0 Å². The van der Waals surface area contributed by atoms with Gasteiger partial charge in [-0.25, -0.2) is 0 Å². The van der Waals surface area contributed by atoms with Crippen LogP contribution in [0.1, 0.15) is 0 Å². The van der Waals surface area contributed by atoms with Crippen molar-refractivity contribution in [2.75, 3.05) is 4.90 Å². The maximum Gasteiger partial charge on any atom is 0.0547 e. The minimum Gasteiger partial charge on any atom is -0.310 e. The first-order valence-corrected chi connectivity index (χ1v) is 21.6. The summed E-state index contributed by atoms with van der Waals surface area (Å²) >= 11 is 0. The van der Waals surface area contributed by atoms with Gasteiger partial charge in [-0.05, 0) is 101 Å². The molecule has 0 aliphatic rings. The third-order valence-electron chi connectivity index (χ3n) is 12.5. The van der Waals surface area contributed by atoms with E-state index in [-0.39, 0.29) is 0 Å². The molecule has 3 nitrogen and oxygen atoms in total. The molecule has 0 saturated carbocycles. The van der Waals surface area contributed by atoms with E-state index in [4.69, 9.17) is 0 Å². The molecule has 0 amide bonds. The van der Waals surface area contributed by atoms with E-state index in [2.05, 4.69) is 263 Å². The number of rotatable bonds is 8. The van der Waals surface area contributed by atoms with Crippen LogP contribution in [-0.4, -0.2) is 9.13 Å². The van der Waals surface area contributed by atoms with E-state index in [0.717, 1.165) is 28.4 Å².